The van der Waals surface area contributed by atoms with Gasteiger partial charge in [-0.05, 0) is 12.1 Å². The number of hydrogen-bond donors (Lipinski definition) is 1. The Labute approximate surface area is 116 Å². The molecule has 0 radical (unpaired) electrons. The van der Waals surface area contributed by atoms with Crippen LogP contribution in [-0.2, 0) is 4.79 Å². The van der Waals surface area contributed by atoms with Gasteiger partial charge >= 0.3 is 5.97 Å². The fraction of sp³-hybridized carbons (Fsp3) is 0.267. The van der Waals surface area contributed by atoms with Crippen molar-refractivity contribution < 1.29 is 9.90 Å². The van der Waals surface area contributed by atoms with E-state index in [4.69, 9.17) is 5.11 Å². The Morgan fingerprint density at radius 2 is 2.20 bits per heavy atom. The van der Waals surface area contributed by atoms with Gasteiger partial charge in [-0.1, -0.05) is 18.2 Å². The molecule has 0 spiro atoms. The fourth-order valence-corrected chi connectivity index (χ4v) is 2.55. The Morgan fingerprint density at radius 3 is 2.90 bits per heavy atom. The summed E-state index contributed by atoms with van der Waals surface area (Å²) < 4.78 is 0. The van der Waals surface area contributed by atoms with Gasteiger partial charge in [-0.3, -0.25) is 4.79 Å². The minimum absolute atomic E-state index is 0.146. The summed E-state index contributed by atoms with van der Waals surface area (Å²) in [6, 6.07) is 11.7. The van der Waals surface area contributed by atoms with Gasteiger partial charge in [-0.25, -0.2) is 4.98 Å². The summed E-state index contributed by atoms with van der Waals surface area (Å²) in [7, 11) is 0. The van der Waals surface area contributed by atoms with Gasteiger partial charge in [0.2, 0.25) is 0 Å². The Hall–Kier alpha value is -2.61. The molecule has 100 valence electrons. The number of nitriles is 1. The van der Waals surface area contributed by atoms with Gasteiger partial charge < -0.3 is 10.0 Å². The zero-order valence-electron chi connectivity index (χ0n) is 10.8. The summed E-state index contributed by atoms with van der Waals surface area (Å²) in [5, 5.41) is 18.9. The number of benzene rings is 1. The van der Waals surface area contributed by atoms with E-state index in [9.17, 15) is 10.1 Å². The highest BCUT2D eigenvalue weighted by Gasteiger charge is 2.31. The van der Waals surface area contributed by atoms with Crippen molar-refractivity contribution in [3.63, 3.8) is 0 Å². The number of hydrogen-bond acceptors (Lipinski definition) is 4. The van der Waals surface area contributed by atoms with E-state index in [-0.39, 0.29) is 12.3 Å². The Kier molecular flexibility index (Phi) is 2.99. The number of fused-ring (bicyclic) bond motifs is 1. The second-order valence-electron chi connectivity index (χ2n) is 5.03. The van der Waals surface area contributed by atoms with Crippen LogP contribution in [0.15, 0.2) is 30.3 Å². The third kappa shape index (κ3) is 2.16. The molecule has 0 atom stereocenters. The van der Waals surface area contributed by atoms with Gasteiger partial charge in [0.05, 0.1) is 17.5 Å². The van der Waals surface area contributed by atoms with Crippen LogP contribution in [0, 0.1) is 17.2 Å². The highest BCUT2D eigenvalue weighted by molar-refractivity contribution is 5.83. The topological polar surface area (TPSA) is 77.2 Å². The standard InChI is InChI=1S/C15H13N3O2/c16-7-12-6-11-3-1-2-4-13(11)17-15(12)18-8-10(9-18)5-14(19)20/h1-4,6,10H,5,8-9H2,(H,19,20). The van der Waals surface area contributed by atoms with E-state index in [0.29, 0.717) is 24.5 Å². The third-order valence-electron chi connectivity index (χ3n) is 3.54. The summed E-state index contributed by atoms with van der Waals surface area (Å²) >= 11 is 0. The molecule has 2 aromatic rings. The molecule has 0 bridgehead atoms. The van der Waals surface area contributed by atoms with Gasteiger partial charge in [-0.15, -0.1) is 0 Å². The van der Waals surface area contributed by atoms with E-state index in [1.807, 2.05) is 35.2 Å². The third-order valence-corrected chi connectivity index (χ3v) is 3.54. The van der Waals surface area contributed by atoms with Crippen molar-refractivity contribution in [3.05, 3.63) is 35.9 Å². The normalized spacial score (nSPS) is 14.8. The monoisotopic (exact) mass is 267 g/mol. The Morgan fingerprint density at radius 1 is 1.45 bits per heavy atom. The Balaban J connectivity index is 1.89. The second-order valence-corrected chi connectivity index (χ2v) is 5.03. The number of carboxylic acids is 1. The zero-order valence-corrected chi connectivity index (χ0v) is 10.8. The fourth-order valence-electron chi connectivity index (χ4n) is 2.55. The number of aromatic nitrogens is 1. The van der Waals surface area contributed by atoms with E-state index in [0.717, 1.165) is 10.9 Å². The number of para-hydroxylation sites is 1. The average molecular weight is 267 g/mol. The van der Waals surface area contributed by atoms with E-state index in [1.165, 1.54) is 0 Å². The highest BCUT2D eigenvalue weighted by atomic mass is 16.4. The first kappa shape index (κ1) is 12.4. The highest BCUT2D eigenvalue weighted by Crippen LogP contribution is 2.29. The maximum atomic E-state index is 10.7. The summed E-state index contributed by atoms with van der Waals surface area (Å²) in [5.41, 5.74) is 1.39. The number of pyridine rings is 1. The van der Waals surface area contributed by atoms with Crippen LogP contribution in [0.5, 0.6) is 0 Å². The lowest BCUT2D eigenvalue weighted by molar-refractivity contribution is -0.138. The molecular weight excluding hydrogens is 254 g/mol. The maximum absolute atomic E-state index is 10.7. The van der Waals surface area contributed by atoms with Crippen molar-refractivity contribution in [2.75, 3.05) is 18.0 Å². The minimum atomic E-state index is -0.776. The van der Waals surface area contributed by atoms with Crippen LogP contribution in [-0.4, -0.2) is 29.1 Å². The predicted octanol–water partition coefficient (Wildman–Crippen LogP) is 2.02. The van der Waals surface area contributed by atoms with Crippen LogP contribution in [0.4, 0.5) is 5.82 Å². The van der Waals surface area contributed by atoms with Crippen molar-refractivity contribution in [1.29, 1.82) is 5.26 Å². The molecule has 0 aliphatic carbocycles. The lowest BCUT2D eigenvalue weighted by atomic mass is 9.96. The van der Waals surface area contributed by atoms with Gasteiger partial charge in [0.25, 0.3) is 0 Å². The molecule has 1 aliphatic heterocycles. The van der Waals surface area contributed by atoms with E-state index in [1.54, 1.807) is 0 Å². The second kappa shape index (κ2) is 4.82. The maximum Gasteiger partial charge on any atom is 0.303 e. The summed E-state index contributed by atoms with van der Waals surface area (Å²) in [6.07, 6.45) is 0.173. The first-order valence-corrected chi connectivity index (χ1v) is 6.44. The summed E-state index contributed by atoms with van der Waals surface area (Å²) in [6.45, 7) is 1.29. The Bertz CT molecular complexity index is 715. The quantitative estimate of drug-likeness (QED) is 0.920. The molecule has 1 saturated heterocycles. The summed E-state index contributed by atoms with van der Waals surface area (Å²) in [4.78, 5) is 17.2. The van der Waals surface area contributed by atoms with Gasteiger partial charge in [0, 0.05) is 24.4 Å². The van der Waals surface area contributed by atoms with E-state index < -0.39 is 5.97 Å². The molecule has 20 heavy (non-hydrogen) atoms. The van der Waals surface area contributed by atoms with Crippen molar-refractivity contribution in [1.82, 2.24) is 4.98 Å². The molecule has 0 amide bonds. The predicted molar refractivity (Wildman–Crippen MR) is 74.4 cm³/mol. The number of anilines is 1. The largest absolute Gasteiger partial charge is 0.481 e. The molecule has 1 aromatic carbocycles. The van der Waals surface area contributed by atoms with Crippen molar-refractivity contribution in [3.8, 4) is 6.07 Å². The minimum Gasteiger partial charge on any atom is -0.481 e. The molecule has 3 rings (SSSR count). The first-order chi connectivity index (χ1) is 9.67. The number of nitrogens with zero attached hydrogens (tertiary/aromatic N) is 3. The van der Waals surface area contributed by atoms with Crippen molar-refractivity contribution >= 4 is 22.7 Å². The lowest BCUT2D eigenvalue weighted by Crippen LogP contribution is -2.48. The number of aliphatic carboxylic acids is 1. The molecule has 5 nitrogen and oxygen atoms in total. The van der Waals surface area contributed by atoms with E-state index >= 15 is 0 Å². The first-order valence-electron chi connectivity index (χ1n) is 6.44. The SMILES string of the molecule is N#Cc1cc2ccccc2nc1N1CC(CC(=O)O)C1. The number of rotatable bonds is 3. The van der Waals surface area contributed by atoms with Crippen LogP contribution in [0.25, 0.3) is 10.9 Å². The molecule has 0 saturated carbocycles. The van der Waals surface area contributed by atoms with Crippen molar-refractivity contribution in [2.24, 2.45) is 5.92 Å². The van der Waals surface area contributed by atoms with Crippen LogP contribution in [0.3, 0.4) is 0 Å². The molecule has 2 heterocycles. The van der Waals surface area contributed by atoms with E-state index in [2.05, 4.69) is 11.1 Å². The zero-order chi connectivity index (χ0) is 14.1. The lowest BCUT2D eigenvalue weighted by Gasteiger charge is -2.39. The number of carbonyl (C=O) groups is 1. The summed E-state index contributed by atoms with van der Waals surface area (Å²) in [5.74, 6) is 0.0294. The van der Waals surface area contributed by atoms with Crippen LogP contribution < -0.4 is 4.90 Å². The molecule has 5 heteroatoms. The molecule has 1 fully saturated rings. The van der Waals surface area contributed by atoms with Crippen LogP contribution in [0.2, 0.25) is 0 Å². The van der Waals surface area contributed by atoms with Gasteiger partial charge in [0.1, 0.15) is 11.9 Å². The molecule has 0 unspecified atom stereocenters. The van der Waals surface area contributed by atoms with Gasteiger partial charge in [-0.2, -0.15) is 5.26 Å². The van der Waals surface area contributed by atoms with Crippen molar-refractivity contribution in [2.45, 2.75) is 6.42 Å². The van der Waals surface area contributed by atoms with Gasteiger partial charge in [0.15, 0.2) is 0 Å². The number of carboxylic acid groups (broad SMARTS) is 1. The van der Waals surface area contributed by atoms with Crippen LogP contribution >= 0.6 is 0 Å². The van der Waals surface area contributed by atoms with Crippen LogP contribution in [0.1, 0.15) is 12.0 Å². The smallest absolute Gasteiger partial charge is 0.303 e. The molecular formula is C15H13N3O2. The average Bonchev–Trinajstić information content (AvgIpc) is 2.40. The molecule has 1 aliphatic rings. The molecule has 1 aromatic heterocycles. The molecule has 1 N–H and O–H groups in total.